The lowest BCUT2D eigenvalue weighted by Crippen LogP contribution is -2.41. The van der Waals surface area contributed by atoms with Gasteiger partial charge in [0.1, 0.15) is 0 Å². The Balaban J connectivity index is 1.36. The molecule has 0 spiro atoms. The van der Waals surface area contributed by atoms with Crippen LogP contribution < -0.4 is 15.6 Å². The molecule has 1 saturated heterocycles. The van der Waals surface area contributed by atoms with E-state index >= 15 is 0 Å². The maximum atomic E-state index is 12.5. The van der Waals surface area contributed by atoms with E-state index in [4.69, 9.17) is 4.74 Å². The lowest BCUT2D eigenvalue weighted by atomic mass is 9.99. The van der Waals surface area contributed by atoms with Crippen molar-refractivity contribution in [1.29, 1.82) is 0 Å². The van der Waals surface area contributed by atoms with Crippen LogP contribution in [0.4, 0.5) is 0 Å². The molecule has 1 fully saturated rings. The molecule has 4 rings (SSSR count). The fraction of sp³-hybridized carbons (Fsp3) is 0.429. The van der Waals surface area contributed by atoms with Crippen molar-refractivity contribution >= 4 is 33.2 Å². The third-order valence-electron chi connectivity index (χ3n) is 5.44. The number of aryl methyl sites for hydroxylation is 2. The van der Waals surface area contributed by atoms with Gasteiger partial charge >= 0.3 is 0 Å². The lowest BCUT2D eigenvalue weighted by molar-refractivity contribution is 0.0848. The van der Waals surface area contributed by atoms with Crippen molar-refractivity contribution in [3.05, 3.63) is 51.2 Å². The highest BCUT2D eigenvalue weighted by atomic mass is 32.2. The van der Waals surface area contributed by atoms with Crippen molar-refractivity contribution in [1.82, 2.24) is 15.6 Å². The van der Waals surface area contributed by atoms with Crippen LogP contribution in [0.5, 0.6) is 0 Å². The molecule has 2 amide bonds. The molecule has 10 heteroatoms. The average molecular weight is 464 g/mol. The Morgan fingerprint density at radius 2 is 1.87 bits per heavy atom. The summed E-state index contributed by atoms with van der Waals surface area (Å²) >= 11 is 1.45. The Morgan fingerprint density at radius 3 is 2.65 bits per heavy atom. The highest BCUT2D eigenvalue weighted by molar-refractivity contribution is 7.89. The van der Waals surface area contributed by atoms with Crippen LogP contribution in [0.25, 0.3) is 0 Å². The molecule has 2 aliphatic rings. The van der Waals surface area contributed by atoms with Gasteiger partial charge in [0.05, 0.1) is 15.9 Å². The summed E-state index contributed by atoms with van der Waals surface area (Å²) in [6.45, 7) is 0.835. The zero-order valence-electron chi connectivity index (χ0n) is 17.0. The normalized spacial score (nSPS) is 18.4. The molecule has 8 nitrogen and oxygen atoms in total. The van der Waals surface area contributed by atoms with Crippen LogP contribution in [-0.2, 0) is 27.6 Å². The largest absolute Gasteiger partial charge is 0.377 e. The number of carbonyl (C=O) groups is 2. The van der Waals surface area contributed by atoms with Gasteiger partial charge in [-0.1, -0.05) is 6.07 Å². The Morgan fingerprint density at radius 1 is 1.06 bits per heavy atom. The zero-order chi connectivity index (χ0) is 21.8. The third-order valence-corrected chi connectivity index (χ3v) is 8.10. The van der Waals surface area contributed by atoms with E-state index in [1.54, 1.807) is 0 Å². The molecule has 2 aromatic rings. The van der Waals surface area contributed by atoms with Crippen LogP contribution >= 0.6 is 11.3 Å². The Kier molecular flexibility index (Phi) is 6.71. The predicted octanol–water partition coefficient (Wildman–Crippen LogP) is 2.16. The SMILES string of the molecule is O=C(NNC(=O)c1cc2c(s1)CCCC2)c1cccc(S(=O)(=O)NCC2CCCO2)c1. The number of fused-ring (bicyclic) bond motifs is 1. The van der Waals surface area contributed by atoms with Crippen molar-refractivity contribution in [2.24, 2.45) is 0 Å². The minimum atomic E-state index is -3.78. The fourth-order valence-electron chi connectivity index (χ4n) is 3.75. The number of hydrogen-bond acceptors (Lipinski definition) is 6. The van der Waals surface area contributed by atoms with Crippen LogP contribution in [0.1, 0.15) is 56.2 Å². The van der Waals surface area contributed by atoms with Crippen molar-refractivity contribution in [2.45, 2.75) is 49.5 Å². The van der Waals surface area contributed by atoms with Gasteiger partial charge in [-0.15, -0.1) is 11.3 Å². The standard InChI is InChI=1S/C21H25N3O5S2/c25-20(23-24-21(26)19-12-14-5-1-2-9-18(14)30-19)15-6-3-8-17(11-15)31(27,28)22-13-16-7-4-10-29-16/h3,6,8,11-12,16,22H,1-2,4-5,7,9-10,13H2,(H,23,25)(H,24,26). The summed E-state index contributed by atoms with van der Waals surface area (Å²) in [7, 11) is -3.78. The van der Waals surface area contributed by atoms with Gasteiger partial charge in [-0.05, 0) is 68.4 Å². The third kappa shape index (κ3) is 5.32. The van der Waals surface area contributed by atoms with Gasteiger partial charge in [-0.3, -0.25) is 20.4 Å². The minimum absolute atomic E-state index is 0.0181. The van der Waals surface area contributed by atoms with Crippen LogP contribution in [0.3, 0.4) is 0 Å². The molecule has 31 heavy (non-hydrogen) atoms. The molecule has 1 aliphatic carbocycles. The molecule has 166 valence electrons. The summed E-state index contributed by atoms with van der Waals surface area (Å²) in [5.41, 5.74) is 6.12. The van der Waals surface area contributed by atoms with Crippen LogP contribution in [0.15, 0.2) is 35.2 Å². The number of hydrogen-bond donors (Lipinski definition) is 3. The molecule has 2 heterocycles. The lowest BCUT2D eigenvalue weighted by Gasteiger charge is -2.12. The number of ether oxygens (including phenoxy) is 1. The summed E-state index contributed by atoms with van der Waals surface area (Å²) in [5.74, 6) is -0.972. The Labute approximate surface area is 185 Å². The summed E-state index contributed by atoms with van der Waals surface area (Å²) in [5, 5.41) is 0. The van der Waals surface area contributed by atoms with Crippen molar-refractivity contribution < 1.29 is 22.7 Å². The first-order valence-corrected chi connectivity index (χ1v) is 12.7. The molecule has 1 atom stereocenters. The number of hydrazine groups is 1. The van der Waals surface area contributed by atoms with Crippen molar-refractivity contribution in [3.63, 3.8) is 0 Å². The first-order chi connectivity index (χ1) is 14.9. The second kappa shape index (κ2) is 9.47. The highest BCUT2D eigenvalue weighted by Crippen LogP contribution is 2.29. The first kappa shape index (κ1) is 21.9. The number of amides is 2. The minimum Gasteiger partial charge on any atom is -0.377 e. The maximum Gasteiger partial charge on any atom is 0.279 e. The molecule has 1 aromatic heterocycles. The predicted molar refractivity (Wildman–Crippen MR) is 116 cm³/mol. The molecule has 1 unspecified atom stereocenters. The van der Waals surface area contributed by atoms with Crippen LogP contribution in [0.2, 0.25) is 0 Å². The maximum absolute atomic E-state index is 12.5. The molecule has 0 saturated carbocycles. The topological polar surface area (TPSA) is 114 Å². The monoisotopic (exact) mass is 463 g/mol. The van der Waals surface area contributed by atoms with E-state index < -0.39 is 15.9 Å². The van der Waals surface area contributed by atoms with Gasteiger partial charge in [0.25, 0.3) is 11.8 Å². The van der Waals surface area contributed by atoms with E-state index in [2.05, 4.69) is 15.6 Å². The molecule has 0 radical (unpaired) electrons. The van der Waals surface area contributed by atoms with Crippen molar-refractivity contribution in [3.8, 4) is 0 Å². The second-order valence-electron chi connectivity index (χ2n) is 7.69. The smallest absolute Gasteiger partial charge is 0.279 e. The molecule has 3 N–H and O–H groups in total. The Bertz CT molecular complexity index is 1050. The van der Waals surface area contributed by atoms with Gasteiger partial charge in [0, 0.05) is 23.6 Å². The number of thiophene rings is 1. The van der Waals surface area contributed by atoms with E-state index in [0.29, 0.717) is 11.5 Å². The molecule has 1 aromatic carbocycles. The second-order valence-corrected chi connectivity index (χ2v) is 10.6. The van der Waals surface area contributed by atoms with Crippen LogP contribution in [-0.4, -0.2) is 39.5 Å². The Hall–Kier alpha value is -2.27. The average Bonchev–Trinajstić information content (AvgIpc) is 3.45. The number of rotatable bonds is 6. The van der Waals surface area contributed by atoms with E-state index in [1.807, 2.05) is 6.07 Å². The van der Waals surface area contributed by atoms with Gasteiger partial charge < -0.3 is 4.74 Å². The molecular formula is C21H25N3O5S2. The highest BCUT2D eigenvalue weighted by Gasteiger charge is 2.22. The first-order valence-electron chi connectivity index (χ1n) is 10.4. The van der Waals surface area contributed by atoms with Gasteiger partial charge in [-0.25, -0.2) is 13.1 Å². The fourth-order valence-corrected chi connectivity index (χ4v) is 6.01. The molecular weight excluding hydrogens is 438 g/mol. The number of sulfonamides is 1. The van der Waals surface area contributed by atoms with Gasteiger partial charge in [-0.2, -0.15) is 0 Å². The number of nitrogens with one attached hydrogen (secondary N) is 3. The summed E-state index contributed by atoms with van der Waals surface area (Å²) in [6.07, 6.45) is 5.84. The quantitative estimate of drug-likeness (QED) is 0.568. The van der Waals surface area contributed by atoms with E-state index in [1.165, 1.54) is 46.0 Å². The van der Waals surface area contributed by atoms with Crippen LogP contribution in [0, 0.1) is 0 Å². The van der Waals surface area contributed by atoms with E-state index in [0.717, 1.165) is 38.5 Å². The molecule has 1 aliphatic heterocycles. The zero-order valence-corrected chi connectivity index (χ0v) is 18.6. The van der Waals surface area contributed by atoms with E-state index in [9.17, 15) is 18.0 Å². The van der Waals surface area contributed by atoms with Gasteiger partial charge in [0.15, 0.2) is 0 Å². The van der Waals surface area contributed by atoms with E-state index in [-0.39, 0.29) is 29.0 Å². The van der Waals surface area contributed by atoms with Gasteiger partial charge in [0.2, 0.25) is 10.0 Å². The summed E-state index contributed by atoms with van der Waals surface area (Å²) in [4.78, 5) is 26.6. The summed E-state index contributed by atoms with van der Waals surface area (Å²) < 4.78 is 33.0. The molecule has 0 bridgehead atoms. The number of benzene rings is 1. The number of carbonyl (C=O) groups excluding carboxylic acids is 2. The summed E-state index contributed by atoms with van der Waals surface area (Å²) in [6, 6.07) is 7.56. The van der Waals surface area contributed by atoms with Crippen molar-refractivity contribution in [2.75, 3.05) is 13.2 Å².